The Hall–Kier alpha value is -4.69. The average molecular weight is 801 g/mol. The number of allylic oxidation sites excluding steroid dienone is 2. The number of sulfonamides is 1. The Balaban J connectivity index is 1.13. The number of pyridine rings is 1. The first-order valence-corrected chi connectivity index (χ1v) is 21.7. The van der Waals surface area contributed by atoms with Gasteiger partial charge in [-0.15, -0.1) is 11.3 Å². The summed E-state index contributed by atoms with van der Waals surface area (Å²) in [5.41, 5.74) is -0.665. The molecule has 56 heavy (non-hydrogen) atoms. The molecule has 2 aliphatic carbocycles. The minimum Gasteiger partial charge on any atom is -0.472 e. The highest BCUT2D eigenvalue weighted by molar-refractivity contribution is 7.91. The van der Waals surface area contributed by atoms with Crippen molar-refractivity contribution in [1.82, 2.24) is 19.9 Å². The number of rotatable bonds is 7. The molecule has 0 bridgehead atoms. The first-order valence-electron chi connectivity index (χ1n) is 19.4. The standard InChI is InChI=1S/C42H45FN4O7S2/c1-25-14-17-36(55-25)37(49)44-33-13-7-5-3-4-6-10-26-22-42(26,40(51)46-56(52,53)41(2)18-19-41)23-35(48)34-21-28(24-47(34)39(33)50)54-38-31-20-27(43)15-16-29(31)30-11-8-9-12-32(30)45-38/h6,8-12,14-17,20,26,28,33-34H,3-5,7,13,18-19,21-24H2,1-2H3,(H,44,49)(H,46,51)/b10-6-/t26-,28-,33+,34+,42-/m1/s1. The quantitative estimate of drug-likeness (QED) is 0.158. The van der Waals surface area contributed by atoms with E-state index in [0.717, 1.165) is 28.5 Å². The van der Waals surface area contributed by atoms with Gasteiger partial charge >= 0.3 is 0 Å². The molecule has 0 radical (unpaired) electrons. The van der Waals surface area contributed by atoms with Gasteiger partial charge in [0.15, 0.2) is 5.78 Å². The minimum atomic E-state index is -3.97. The van der Waals surface area contributed by atoms with E-state index in [-0.39, 0.29) is 37.1 Å². The number of nitrogens with zero attached hydrogens (tertiary/aromatic N) is 2. The molecule has 2 saturated carbocycles. The van der Waals surface area contributed by atoms with Crippen molar-refractivity contribution in [3.8, 4) is 5.88 Å². The molecule has 8 rings (SSSR count). The van der Waals surface area contributed by atoms with Crippen LogP contribution in [0.4, 0.5) is 4.39 Å². The van der Waals surface area contributed by atoms with E-state index in [1.54, 1.807) is 19.1 Å². The number of halogens is 1. The lowest BCUT2D eigenvalue weighted by atomic mass is 9.91. The fraction of sp³-hybridized carbons (Fsp3) is 0.452. The molecule has 3 fully saturated rings. The number of para-hydroxylation sites is 1. The lowest BCUT2D eigenvalue weighted by molar-refractivity contribution is -0.140. The highest BCUT2D eigenvalue weighted by Gasteiger charge is 2.62. The van der Waals surface area contributed by atoms with Crippen LogP contribution in [0.2, 0.25) is 0 Å². The summed E-state index contributed by atoms with van der Waals surface area (Å²) in [6, 6.07) is 13.4. The van der Waals surface area contributed by atoms with Crippen LogP contribution in [0.25, 0.3) is 21.7 Å². The largest absolute Gasteiger partial charge is 0.472 e. The summed E-state index contributed by atoms with van der Waals surface area (Å²) in [5, 5.41) is 4.94. The number of carbonyl (C=O) groups excluding carboxylic acids is 4. The van der Waals surface area contributed by atoms with Crippen molar-refractivity contribution in [2.45, 2.75) is 101 Å². The van der Waals surface area contributed by atoms with Crippen LogP contribution in [0.5, 0.6) is 5.88 Å². The predicted octanol–water partition coefficient (Wildman–Crippen LogP) is 6.53. The molecular weight excluding hydrogens is 756 g/mol. The molecular formula is C42H45FN4O7S2. The summed E-state index contributed by atoms with van der Waals surface area (Å²) in [5.74, 6) is -2.59. The molecule has 1 saturated heterocycles. The summed E-state index contributed by atoms with van der Waals surface area (Å²) < 4.78 is 48.9. The maximum Gasteiger partial charge on any atom is 0.262 e. The molecule has 2 N–H and O–H groups in total. The maximum atomic E-state index is 14.7. The zero-order chi connectivity index (χ0) is 39.4. The van der Waals surface area contributed by atoms with Gasteiger partial charge in [-0.25, -0.2) is 17.8 Å². The van der Waals surface area contributed by atoms with Crippen molar-refractivity contribution in [1.29, 1.82) is 0 Å². The number of nitrogens with one attached hydrogen (secondary N) is 2. The van der Waals surface area contributed by atoms with Crippen LogP contribution in [0.3, 0.4) is 0 Å². The molecule has 0 unspecified atom stereocenters. The first-order chi connectivity index (χ1) is 26.8. The number of ether oxygens (including phenoxy) is 1. The number of aromatic nitrogens is 1. The van der Waals surface area contributed by atoms with E-state index in [4.69, 9.17) is 9.72 Å². The molecule has 4 aliphatic rings. The average Bonchev–Trinajstić information content (AvgIpc) is 3.97. The van der Waals surface area contributed by atoms with Crippen LogP contribution in [-0.2, 0) is 24.4 Å². The Bertz CT molecular complexity index is 2390. The number of amides is 3. The molecule has 294 valence electrons. The first kappa shape index (κ1) is 38.2. The molecule has 2 aromatic heterocycles. The van der Waals surface area contributed by atoms with E-state index in [1.165, 1.54) is 28.4 Å². The van der Waals surface area contributed by atoms with Gasteiger partial charge in [-0.05, 0) is 94.0 Å². The maximum absolute atomic E-state index is 14.7. The fourth-order valence-electron chi connectivity index (χ4n) is 8.22. The number of benzene rings is 2. The Morgan fingerprint density at radius 3 is 2.59 bits per heavy atom. The molecule has 2 aliphatic heterocycles. The van der Waals surface area contributed by atoms with Gasteiger partial charge < -0.3 is 15.0 Å². The van der Waals surface area contributed by atoms with Crippen molar-refractivity contribution in [2.75, 3.05) is 6.54 Å². The molecule has 0 spiro atoms. The Morgan fingerprint density at radius 2 is 1.82 bits per heavy atom. The van der Waals surface area contributed by atoms with Crippen molar-refractivity contribution in [3.63, 3.8) is 0 Å². The summed E-state index contributed by atoms with van der Waals surface area (Å²) in [6.45, 7) is 3.47. The van der Waals surface area contributed by atoms with E-state index >= 15 is 0 Å². The van der Waals surface area contributed by atoms with E-state index in [2.05, 4.69) is 10.0 Å². The highest BCUT2D eigenvalue weighted by Crippen LogP contribution is 2.57. The molecule has 5 atom stereocenters. The van der Waals surface area contributed by atoms with Crippen LogP contribution in [0.15, 0.2) is 66.7 Å². The highest BCUT2D eigenvalue weighted by atomic mass is 32.2. The fourth-order valence-corrected chi connectivity index (χ4v) is 10.3. The van der Waals surface area contributed by atoms with Crippen molar-refractivity contribution in [2.24, 2.45) is 11.3 Å². The summed E-state index contributed by atoms with van der Waals surface area (Å²) in [6.07, 6.45) is 7.41. The molecule has 4 heterocycles. The SMILES string of the molecule is Cc1ccc(C(=O)N[C@H]2CCCCC/C=C\[C@@H]3C[C@@]3(C(=O)NS(=O)(=O)C3(C)CC3)CC(=O)[C@@H]3C[C@@H](Oc4nc5ccccc5c5ccc(F)cc45)CN3C2=O)s1. The lowest BCUT2D eigenvalue weighted by Gasteiger charge is -2.29. The normalized spacial score (nSPS) is 27.1. The Labute approximate surface area is 329 Å². The number of hydrogen-bond donors (Lipinski definition) is 2. The minimum absolute atomic E-state index is 0.0275. The van der Waals surface area contributed by atoms with Gasteiger partial charge in [0.25, 0.3) is 5.91 Å². The van der Waals surface area contributed by atoms with E-state index in [1.807, 2.05) is 49.4 Å². The summed E-state index contributed by atoms with van der Waals surface area (Å²) in [7, 11) is -3.97. The second-order valence-electron chi connectivity index (χ2n) is 16.1. The zero-order valence-electron chi connectivity index (χ0n) is 31.4. The van der Waals surface area contributed by atoms with Crippen LogP contribution >= 0.6 is 11.3 Å². The van der Waals surface area contributed by atoms with Crippen LogP contribution in [0, 0.1) is 24.1 Å². The molecule has 11 nitrogen and oxygen atoms in total. The lowest BCUT2D eigenvalue weighted by Crippen LogP contribution is -2.52. The smallest absolute Gasteiger partial charge is 0.262 e. The van der Waals surface area contributed by atoms with Gasteiger partial charge in [-0.1, -0.05) is 49.3 Å². The van der Waals surface area contributed by atoms with E-state index in [9.17, 15) is 32.0 Å². The Morgan fingerprint density at radius 1 is 1.02 bits per heavy atom. The number of hydrogen-bond acceptors (Lipinski definition) is 9. The van der Waals surface area contributed by atoms with E-state index in [0.29, 0.717) is 54.3 Å². The van der Waals surface area contributed by atoms with E-state index < -0.39 is 61.8 Å². The van der Waals surface area contributed by atoms with Gasteiger partial charge in [-0.2, -0.15) is 0 Å². The van der Waals surface area contributed by atoms with Gasteiger partial charge in [-0.3, -0.25) is 23.9 Å². The van der Waals surface area contributed by atoms with Gasteiger partial charge in [0, 0.05) is 28.5 Å². The number of thiophene rings is 1. The third-order valence-electron chi connectivity index (χ3n) is 12.0. The van der Waals surface area contributed by atoms with Gasteiger partial charge in [0.05, 0.1) is 33.1 Å². The Kier molecular flexibility index (Phi) is 10.0. The monoisotopic (exact) mass is 800 g/mol. The van der Waals surface area contributed by atoms with Gasteiger partial charge in [0.1, 0.15) is 18.0 Å². The van der Waals surface area contributed by atoms with Crippen molar-refractivity contribution < 1.29 is 36.7 Å². The number of ketones is 1. The molecule has 14 heteroatoms. The number of aryl methyl sites for hydroxylation is 1. The summed E-state index contributed by atoms with van der Waals surface area (Å²) >= 11 is 1.32. The third-order valence-corrected chi connectivity index (χ3v) is 15.2. The second-order valence-corrected chi connectivity index (χ2v) is 19.6. The van der Waals surface area contributed by atoms with Crippen LogP contribution < -0.4 is 14.8 Å². The zero-order valence-corrected chi connectivity index (χ0v) is 33.0. The van der Waals surface area contributed by atoms with Crippen molar-refractivity contribution in [3.05, 3.63) is 82.3 Å². The number of carbonyl (C=O) groups is 4. The second kappa shape index (κ2) is 14.7. The van der Waals surface area contributed by atoms with Crippen molar-refractivity contribution >= 4 is 66.5 Å². The topological polar surface area (TPSA) is 152 Å². The molecule has 2 aromatic carbocycles. The molecule has 4 aromatic rings. The number of fused-ring (bicyclic) bond motifs is 5. The van der Waals surface area contributed by atoms with Crippen LogP contribution in [-0.4, -0.2) is 71.3 Å². The van der Waals surface area contributed by atoms with Crippen LogP contribution in [0.1, 0.15) is 85.7 Å². The predicted molar refractivity (Wildman–Crippen MR) is 211 cm³/mol. The van der Waals surface area contributed by atoms with Gasteiger partial charge in [0.2, 0.25) is 27.7 Å². The molecule has 3 amide bonds. The number of Topliss-reactive ketones (excluding diaryl/α,β-unsaturated/α-hetero) is 1. The summed E-state index contributed by atoms with van der Waals surface area (Å²) in [4.78, 5) is 64.3. The third kappa shape index (κ3) is 7.33.